The number of anilines is 2. The van der Waals surface area contributed by atoms with E-state index >= 15 is 4.79 Å². The highest BCUT2D eigenvalue weighted by atomic mass is 28.3. The highest BCUT2D eigenvalue weighted by molar-refractivity contribution is 6.91. The predicted octanol–water partition coefficient (Wildman–Crippen LogP) is 4.37. The summed E-state index contributed by atoms with van der Waals surface area (Å²) in [4.78, 5) is 29.8. The summed E-state index contributed by atoms with van der Waals surface area (Å²) in [5.41, 5.74) is 3.06. The van der Waals surface area contributed by atoms with Gasteiger partial charge in [0.15, 0.2) is 5.60 Å². The molecule has 3 aliphatic rings. The summed E-state index contributed by atoms with van der Waals surface area (Å²) in [5, 5.41) is 25.5. The molecular formula is C39H48N6O5Si. The molecule has 12 heteroatoms. The number of para-hydroxylation sites is 1. The molecule has 3 aromatic carbocycles. The molecule has 7 rings (SSSR count). The van der Waals surface area contributed by atoms with Gasteiger partial charge in [0.1, 0.15) is 5.75 Å². The fraction of sp³-hybridized carbons (Fsp3) is 0.436. The average Bonchev–Trinajstić information content (AvgIpc) is 3.93. The van der Waals surface area contributed by atoms with Crippen molar-refractivity contribution in [2.75, 3.05) is 30.5 Å². The number of aliphatic hydroxyl groups excluding tert-OH is 1. The van der Waals surface area contributed by atoms with Crippen molar-refractivity contribution in [3.63, 3.8) is 0 Å². The Morgan fingerprint density at radius 2 is 1.94 bits per heavy atom. The standard InChI is InChI=1S/C39H48N6O5Si/c1-26-36(51(3,4)31-16-14-30(49-2)15-17-31)35(18-21-44-25-29(19-22-46)42-43-44)50-39(26)32-11-5-6-13-34(32)45(38(39)48)24-27-9-7-10-28(23-27)41-37(47)33-12-8-20-40-33/h5-7,9-11,13-17,23,25-26,33,35-36,40,46H,8,12,18-22,24H2,1-4H3,(H,41,47)/t26-,33+,35+,36-,39+/m0/s1. The van der Waals surface area contributed by atoms with Crippen LogP contribution in [0.5, 0.6) is 5.75 Å². The van der Waals surface area contributed by atoms with Gasteiger partial charge in [0, 0.05) is 42.9 Å². The highest BCUT2D eigenvalue weighted by Gasteiger charge is 2.66. The molecule has 0 radical (unpaired) electrons. The van der Waals surface area contributed by atoms with Crippen LogP contribution >= 0.6 is 0 Å². The number of nitrogens with zero attached hydrogens (tertiary/aromatic N) is 4. The first-order chi connectivity index (χ1) is 24.6. The molecule has 268 valence electrons. The molecule has 11 nitrogen and oxygen atoms in total. The number of rotatable bonds is 12. The van der Waals surface area contributed by atoms with Crippen LogP contribution in [0.3, 0.4) is 0 Å². The lowest BCUT2D eigenvalue weighted by atomic mass is 9.82. The summed E-state index contributed by atoms with van der Waals surface area (Å²) in [6.45, 7) is 8.75. The maximum absolute atomic E-state index is 15.1. The fourth-order valence-corrected chi connectivity index (χ4v) is 12.8. The number of amides is 2. The van der Waals surface area contributed by atoms with Crippen LogP contribution in [-0.2, 0) is 39.4 Å². The third kappa shape index (κ3) is 6.50. The van der Waals surface area contributed by atoms with Crippen LogP contribution < -0.4 is 25.5 Å². The number of hydrogen-bond acceptors (Lipinski definition) is 8. The Bertz CT molecular complexity index is 1880. The lowest BCUT2D eigenvalue weighted by Gasteiger charge is -2.37. The van der Waals surface area contributed by atoms with Gasteiger partial charge in [-0.2, -0.15) is 0 Å². The summed E-state index contributed by atoms with van der Waals surface area (Å²) in [7, 11) is -0.628. The zero-order valence-electron chi connectivity index (χ0n) is 29.8. The van der Waals surface area contributed by atoms with Gasteiger partial charge in [-0.25, -0.2) is 0 Å². The number of ether oxygens (including phenoxy) is 2. The molecule has 4 heterocycles. The molecular weight excluding hydrogens is 661 g/mol. The van der Waals surface area contributed by atoms with Crippen molar-refractivity contribution < 1.29 is 24.2 Å². The number of methoxy groups -OCH3 is 1. The van der Waals surface area contributed by atoms with Gasteiger partial charge in [-0.1, -0.05) is 72.9 Å². The summed E-state index contributed by atoms with van der Waals surface area (Å²) < 4.78 is 14.6. The van der Waals surface area contributed by atoms with Gasteiger partial charge in [0.25, 0.3) is 5.91 Å². The van der Waals surface area contributed by atoms with E-state index in [1.165, 1.54) is 5.19 Å². The van der Waals surface area contributed by atoms with Gasteiger partial charge in [0.05, 0.1) is 45.3 Å². The lowest BCUT2D eigenvalue weighted by Crippen LogP contribution is -2.51. The summed E-state index contributed by atoms with van der Waals surface area (Å²) in [6.07, 6.45) is 4.57. The zero-order valence-corrected chi connectivity index (χ0v) is 30.8. The smallest absolute Gasteiger partial charge is 0.264 e. The molecule has 2 fully saturated rings. The molecule has 2 saturated heterocycles. The summed E-state index contributed by atoms with van der Waals surface area (Å²) in [6, 6.07) is 24.0. The van der Waals surface area contributed by atoms with Crippen molar-refractivity contribution in [1.29, 1.82) is 0 Å². The van der Waals surface area contributed by atoms with Crippen LogP contribution in [-0.4, -0.2) is 72.4 Å². The van der Waals surface area contributed by atoms with E-state index in [2.05, 4.69) is 59.2 Å². The number of carbonyl (C=O) groups is 2. The molecule has 4 aromatic rings. The largest absolute Gasteiger partial charge is 0.497 e. The topological polar surface area (TPSA) is 131 Å². The number of carbonyl (C=O) groups excluding carboxylic acids is 2. The van der Waals surface area contributed by atoms with Gasteiger partial charge in [-0.05, 0) is 67.2 Å². The Balaban J connectivity index is 1.21. The van der Waals surface area contributed by atoms with Crippen molar-refractivity contribution in [1.82, 2.24) is 20.3 Å². The number of hydrogen-bond donors (Lipinski definition) is 3. The molecule has 0 bridgehead atoms. The average molecular weight is 709 g/mol. The van der Waals surface area contributed by atoms with Crippen LogP contribution in [0, 0.1) is 5.92 Å². The number of aliphatic hydroxyl groups is 1. The van der Waals surface area contributed by atoms with Crippen LogP contribution in [0.15, 0.2) is 79.0 Å². The van der Waals surface area contributed by atoms with Crippen molar-refractivity contribution >= 4 is 36.4 Å². The fourth-order valence-electron chi connectivity index (χ4n) is 8.70. The van der Waals surface area contributed by atoms with Gasteiger partial charge >= 0.3 is 0 Å². The quantitative estimate of drug-likeness (QED) is 0.185. The van der Waals surface area contributed by atoms with E-state index in [1.807, 2.05) is 70.4 Å². The number of fused-ring (bicyclic) bond motifs is 2. The monoisotopic (exact) mass is 708 g/mol. The number of benzene rings is 3. The molecule has 1 aromatic heterocycles. The Morgan fingerprint density at radius 3 is 2.69 bits per heavy atom. The first-order valence-corrected chi connectivity index (χ1v) is 21.1. The SMILES string of the molecule is COc1ccc([Si](C)(C)[C@@H]2[C@@H](CCn3cc(CCO)nn3)O[C@]3(C(=O)N(Cc4cccc(NC(=O)[C@H]5CCCN5)c4)c4ccccc43)[C@H]2C)cc1. The van der Waals surface area contributed by atoms with Crippen LogP contribution in [0.4, 0.5) is 11.4 Å². The molecule has 1 spiro atoms. The molecule has 2 amide bonds. The predicted molar refractivity (Wildman–Crippen MR) is 199 cm³/mol. The van der Waals surface area contributed by atoms with E-state index in [0.717, 1.165) is 47.6 Å². The molecule has 0 saturated carbocycles. The second kappa shape index (κ2) is 14.3. The van der Waals surface area contributed by atoms with Gasteiger partial charge in [0.2, 0.25) is 5.91 Å². The van der Waals surface area contributed by atoms with Crippen molar-refractivity contribution in [2.45, 2.75) is 82.1 Å². The summed E-state index contributed by atoms with van der Waals surface area (Å²) >= 11 is 0. The van der Waals surface area contributed by atoms with Crippen molar-refractivity contribution in [3.8, 4) is 5.75 Å². The minimum atomic E-state index is -2.30. The van der Waals surface area contributed by atoms with Gasteiger partial charge in [-0.15, -0.1) is 5.10 Å². The number of aromatic nitrogens is 3. The lowest BCUT2D eigenvalue weighted by molar-refractivity contribution is -0.146. The Hall–Kier alpha value is -4.36. The molecule has 5 atom stereocenters. The summed E-state index contributed by atoms with van der Waals surface area (Å²) in [5.74, 6) is 0.594. The van der Waals surface area contributed by atoms with Crippen molar-refractivity contribution in [3.05, 3.63) is 95.8 Å². The molecule has 3 aliphatic heterocycles. The Morgan fingerprint density at radius 1 is 1.14 bits per heavy atom. The van der Waals surface area contributed by atoms with E-state index in [1.54, 1.807) is 7.11 Å². The van der Waals surface area contributed by atoms with Gasteiger partial charge in [-0.3, -0.25) is 14.3 Å². The molecule has 0 unspecified atom stereocenters. The third-order valence-electron chi connectivity index (χ3n) is 11.3. The molecule has 3 N–H and O–H groups in total. The minimum absolute atomic E-state index is 0.0169. The number of nitrogens with one attached hydrogen (secondary N) is 2. The molecule has 51 heavy (non-hydrogen) atoms. The van der Waals surface area contributed by atoms with Crippen molar-refractivity contribution in [2.24, 2.45) is 5.92 Å². The second-order valence-corrected chi connectivity index (χ2v) is 19.3. The maximum atomic E-state index is 15.1. The maximum Gasteiger partial charge on any atom is 0.264 e. The first kappa shape index (κ1) is 35.1. The van der Waals surface area contributed by atoms with E-state index < -0.39 is 13.7 Å². The van der Waals surface area contributed by atoms with E-state index in [4.69, 9.17) is 9.47 Å². The third-order valence-corrected chi connectivity index (χ3v) is 15.6. The highest BCUT2D eigenvalue weighted by Crippen LogP contribution is 2.60. The van der Waals surface area contributed by atoms with E-state index in [-0.39, 0.29) is 42.0 Å². The Kier molecular flexibility index (Phi) is 9.86. The zero-order chi connectivity index (χ0) is 35.8. The van der Waals surface area contributed by atoms with Crippen LogP contribution in [0.2, 0.25) is 18.6 Å². The number of aryl methyl sites for hydroxylation is 1. The van der Waals surface area contributed by atoms with E-state index in [9.17, 15) is 9.90 Å². The van der Waals surface area contributed by atoms with Gasteiger partial charge < -0.3 is 30.1 Å². The first-order valence-electron chi connectivity index (χ1n) is 18.0. The van der Waals surface area contributed by atoms with Crippen LogP contribution in [0.25, 0.3) is 0 Å². The molecule has 0 aliphatic carbocycles. The minimum Gasteiger partial charge on any atom is -0.497 e. The Labute approximate surface area is 300 Å². The normalized spacial score (nSPS) is 24.3. The second-order valence-electron chi connectivity index (χ2n) is 14.6. The van der Waals surface area contributed by atoms with Crippen LogP contribution in [0.1, 0.15) is 43.0 Å². The van der Waals surface area contributed by atoms with E-state index in [0.29, 0.717) is 31.6 Å².